The van der Waals surface area contributed by atoms with E-state index in [1.807, 2.05) is 0 Å². The predicted molar refractivity (Wildman–Crippen MR) is 86.6 cm³/mol. The third kappa shape index (κ3) is 6.17. The Labute approximate surface area is 142 Å². The molecule has 1 N–H and O–H groups in total. The Kier molecular flexibility index (Phi) is 6.39. The molecule has 2 aromatic rings. The van der Waals surface area contributed by atoms with Gasteiger partial charge in [0.1, 0.15) is 5.75 Å². The Morgan fingerprint density at radius 2 is 1.68 bits per heavy atom. The lowest BCUT2D eigenvalue weighted by molar-refractivity contribution is -0.384. The van der Waals surface area contributed by atoms with Gasteiger partial charge in [-0.15, -0.1) is 0 Å². The third-order valence-corrected chi connectivity index (χ3v) is 3.40. The predicted octanol–water partition coefficient (Wildman–Crippen LogP) is 3.10. The molecule has 0 heterocycles. The maximum absolute atomic E-state index is 12.1. The smallest absolute Gasteiger partial charge is 0.387 e. The van der Waals surface area contributed by atoms with E-state index in [2.05, 4.69) is 10.1 Å². The number of non-ortho nitro benzene ring substituents is 1. The summed E-state index contributed by atoms with van der Waals surface area (Å²) in [7, 11) is 0. The third-order valence-electron chi connectivity index (χ3n) is 3.40. The van der Waals surface area contributed by atoms with Crippen molar-refractivity contribution in [2.75, 3.05) is 6.54 Å². The molecule has 0 atom stereocenters. The Morgan fingerprint density at radius 3 is 2.24 bits per heavy atom. The first kappa shape index (κ1) is 18.3. The summed E-state index contributed by atoms with van der Waals surface area (Å²) in [5, 5.41) is 13.3. The molecule has 0 aliphatic carbocycles. The number of carbonyl (C=O) groups is 1. The fourth-order valence-electron chi connectivity index (χ4n) is 2.17. The monoisotopic (exact) mass is 350 g/mol. The molecule has 0 aliphatic heterocycles. The first-order valence-electron chi connectivity index (χ1n) is 7.48. The molecule has 0 unspecified atom stereocenters. The largest absolute Gasteiger partial charge is 0.435 e. The van der Waals surface area contributed by atoms with Crippen LogP contribution >= 0.6 is 0 Å². The Balaban J connectivity index is 1.75. The molecular weight excluding hydrogens is 334 g/mol. The van der Waals surface area contributed by atoms with E-state index in [9.17, 15) is 23.7 Å². The highest BCUT2D eigenvalue weighted by atomic mass is 19.3. The summed E-state index contributed by atoms with van der Waals surface area (Å²) in [4.78, 5) is 21.9. The van der Waals surface area contributed by atoms with Crippen molar-refractivity contribution in [2.45, 2.75) is 19.5 Å². The summed E-state index contributed by atoms with van der Waals surface area (Å²) in [6, 6.07) is 12.0. The quantitative estimate of drug-likeness (QED) is 0.586. The van der Waals surface area contributed by atoms with Gasteiger partial charge in [-0.3, -0.25) is 14.9 Å². The van der Waals surface area contributed by atoms with Gasteiger partial charge in [0.05, 0.1) is 11.3 Å². The average molecular weight is 350 g/mol. The van der Waals surface area contributed by atoms with Crippen LogP contribution in [0.3, 0.4) is 0 Å². The van der Waals surface area contributed by atoms with Crippen LogP contribution in [0.5, 0.6) is 5.75 Å². The van der Waals surface area contributed by atoms with Crippen LogP contribution in [0.1, 0.15) is 11.1 Å². The van der Waals surface area contributed by atoms with E-state index in [4.69, 9.17) is 0 Å². The zero-order valence-electron chi connectivity index (χ0n) is 13.2. The van der Waals surface area contributed by atoms with E-state index in [1.165, 1.54) is 24.3 Å². The Hall–Kier alpha value is -3.03. The second kappa shape index (κ2) is 8.72. The van der Waals surface area contributed by atoms with E-state index >= 15 is 0 Å². The van der Waals surface area contributed by atoms with Crippen molar-refractivity contribution in [2.24, 2.45) is 0 Å². The van der Waals surface area contributed by atoms with Crippen LogP contribution in [0.2, 0.25) is 0 Å². The zero-order valence-corrected chi connectivity index (χ0v) is 13.2. The summed E-state index contributed by atoms with van der Waals surface area (Å²) >= 11 is 0. The summed E-state index contributed by atoms with van der Waals surface area (Å²) in [5.74, 6) is -0.118. The zero-order chi connectivity index (χ0) is 18.2. The second-order valence-electron chi connectivity index (χ2n) is 5.22. The summed E-state index contributed by atoms with van der Waals surface area (Å²) in [6.07, 6.45) is 0.667. The van der Waals surface area contributed by atoms with E-state index < -0.39 is 11.5 Å². The van der Waals surface area contributed by atoms with Crippen molar-refractivity contribution in [3.63, 3.8) is 0 Å². The Morgan fingerprint density at radius 1 is 1.08 bits per heavy atom. The number of benzene rings is 2. The molecule has 132 valence electrons. The number of nitro benzene ring substituents is 1. The van der Waals surface area contributed by atoms with E-state index in [-0.39, 0.29) is 23.8 Å². The van der Waals surface area contributed by atoms with Gasteiger partial charge in [0.2, 0.25) is 5.91 Å². The van der Waals surface area contributed by atoms with Gasteiger partial charge in [-0.25, -0.2) is 0 Å². The second-order valence-corrected chi connectivity index (χ2v) is 5.22. The number of amides is 1. The van der Waals surface area contributed by atoms with Crippen LogP contribution in [-0.2, 0) is 17.6 Å². The molecular formula is C17H16F2N2O4. The van der Waals surface area contributed by atoms with Crippen molar-refractivity contribution < 1.29 is 23.2 Å². The minimum Gasteiger partial charge on any atom is -0.435 e. The van der Waals surface area contributed by atoms with Crippen molar-refractivity contribution in [1.82, 2.24) is 5.32 Å². The highest BCUT2D eigenvalue weighted by Crippen LogP contribution is 2.15. The maximum Gasteiger partial charge on any atom is 0.387 e. The van der Waals surface area contributed by atoms with Gasteiger partial charge in [-0.05, 0) is 29.7 Å². The highest BCUT2D eigenvalue weighted by molar-refractivity contribution is 5.78. The molecule has 0 saturated heterocycles. The number of halogens is 2. The molecule has 25 heavy (non-hydrogen) atoms. The van der Waals surface area contributed by atoms with Crippen LogP contribution < -0.4 is 10.1 Å². The number of nitro groups is 1. The SMILES string of the molecule is O=C(Cc1ccc([N+](=O)[O-])cc1)NCCc1ccc(OC(F)F)cc1. The van der Waals surface area contributed by atoms with Crippen molar-refractivity contribution in [3.05, 3.63) is 69.8 Å². The molecule has 6 nitrogen and oxygen atoms in total. The van der Waals surface area contributed by atoms with E-state index in [0.29, 0.717) is 18.5 Å². The maximum atomic E-state index is 12.1. The van der Waals surface area contributed by atoms with Gasteiger partial charge in [-0.2, -0.15) is 8.78 Å². The minimum absolute atomic E-state index is 0.0246. The standard InChI is InChI=1S/C17H16F2N2O4/c18-17(19)25-15-7-3-12(4-8-15)9-10-20-16(22)11-13-1-5-14(6-2-13)21(23)24/h1-8,17H,9-11H2,(H,20,22). The molecule has 0 spiro atoms. The van der Waals surface area contributed by atoms with Gasteiger partial charge in [0.25, 0.3) is 5.69 Å². The molecule has 0 radical (unpaired) electrons. The normalized spacial score (nSPS) is 10.5. The number of nitrogens with one attached hydrogen (secondary N) is 1. The summed E-state index contributed by atoms with van der Waals surface area (Å²) in [6.45, 7) is -2.47. The fourth-order valence-corrected chi connectivity index (χ4v) is 2.17. The topological polar surface area (TPSA) is 81.5 Å². The molecule has 0 bridgehead atoms. The van der Waals surface area contributed by atoms with Crippen LogP contribution in [-0.4, -0.2) is 24.0 Å². The molecule has 0 saturated carbocycles. The first-order valence-corrected chi connectivity index (χ1v) is 7.48. The van der Waals surface area contributed by atoms with Gasteiger partial charge < -0.3 is 10.1 Å². The van der Waals surface area contributed by atoms with Crippen LogP contribution in [0.15, 0.2) is 48.5 Å². The van der Waals surface area contributed by atoms with Crippen molar-refractivity contribution in [3.8, 4) is 5.75 Å². The minimum atomic E-state index is -2.86. The number of alkyl halides is 2. The average Bonchev–Trinajstić information content (AvgIpc) is 2.56. The van der Waals surface area contributed by atoms with Crippen molar-refractivity contribution >= 4 is 11.6 Å². The number of ether oxygens (including phenoxy) is 1. The molecule has 0 fully saturated rings. The van der Waals surface area contributed by atoms with Crippen LogP contribution in [0, 0.1) is 10.1 Å². The van der Waals surface area contributed by atoms with Crippen LogP contribution in [0.4, 0.5) is 14.5 Å². The molecule has 2 aromatic carbocycles. The van der Waals surface area contributed by atoms with Gasteiger partial charge in [-0.1, -0.05) is 24.3 Å². The van der Waals surface area contributed by atoms with Crippen LogP contribution in [0.25, 0.3) is 0 Å². The molecule has 0 aromatic heterocycles. The lowest BCUT2D eigenvalue weighted by atomic mass is 10.1. The number of hydrogen-bond donors (Lipinski definition) is 1. The number of carbonyl (C=O) groups excluding carboxylic acids is 1. The summed E-state index contributed by atoms with van der Waals surface area (Å²) in [5.41, 5.74) is 1.53. The van der Waals surface area contributed by atoms with Crippen molar-refractivity contribution in [1.29, 1.82) is 0 Å². The number of nitrogens with zero attached hydrogens (tertiary/aromatic N) is 1. The summed E-state index contributed by atoms with van der Waals surface area (Å²) < 4.78 is 28.4. The molecule has 2 rings (SSSR count). The fraction of sp³-hybridized carbons (Fsp3) is 0.235. The Bertz CT molecular complexity index is 718. The lowest BCUT2D eigenvalue weighted by Gasteiger charge is -2.07. The number of hydrogen-bond acceptors (Lipinski definition) is 4. The van der Waals surface area contributed by atoms with E-state index in [1.54, 1.807) is 24.3 Å². The molecule has 0 aliphatic rings. The highest BCUT2D eigenvalue weighted by Gasteiger charge is 2.07. The van der Waals surface area contributed by atoms with Gasteiger partial charge in [0.15, 0.2) is 0 Å². The lowest BCUT2D eigenvalue weighted by Crippen LogP contribution is -2.27. The first-order chi connectivity index (χ1) is 11.9. The van der Waals surface area contributed by atoms with Gasteiger partial charge in [0, 0.05) is 18.7 Å². The molecule has 1 amide bonds. The molecule has 8 heteroatoms. The van der Waals surface area contributed by atoms with Gasteiger partial charge >= 0.3 is 6.61 Å². The number of rotatable bonds is 8. The van der Waals surface area contributed by atoms with E-state index in [0.717, 1.165) is 5.56 Å².